The molecule has 3 fully saturated rings. The molecule has 3 aliphatic rings. The molecule has 0 aromatic heterocycles. The number of cyclic esters (lactones) is 1. The zero-order chi connectivity index (χ0) is 31.4. The van der Waals surface area contributed by atoms with Gasteiger partial charge in [-0.1, -0.05) is 32.1 Å². The van der Waals surface area contributed by atoms with Crippen molar-refractivity contribution in [2.75, 3.05) is 19.8 Å². The molecule has 232 valence electrons. The fraction of sp³-hybridized carbons (Fsp3) is 0.677. The zero-order valence-corrected chi connectivity index (χ0v) is 25.4. The maximum absolute atomic E-state index is 12.8. The van der Waals surface area contributed by atoms with Crippen molar-refractivity contribution in [2.24, 2.45) is 28.6 Å². The number of hydrogen-bond acceptors (Lipinski definition) is 10. The van der Waals surface area contributed by atoms with Gasteiger partial charge in [0.1, 0.15) is 31.0 Å². The maximum atomic E-state index is 12.8. The minimum Gasteiger partial charge on any atom is -0.465 e. The minimum atomic E-state index is -1.20. The molecule has 2 aliphatic carbocycles. The highest BCUT2D eigenvalue weighted by molar-refractivity contribution is 5.99. The number of fused-ring (bicyclic) bond motifs is 1. The standard InChI is InChI=1S/C31H43NO10/c1-17-8-11-26-30(6,13-12-27(41-21(5)36)31(26,7)16-40-20(4)35)24(17)10-9-22-25(15-39-28(22)37)42-29(38)23(18(2)33)14-32-19(3)34/h9,23-27H,1,8,10-16H2,2-7H3,(H,32,34)/b22-9-/t23?,24-,25?,26?,27-,30+,31+/m1/s1. The van der Waals surface area contributed by atoms with Crippen molar-refractivity contribution in [3.05, 3.63) is 23.8 Å². The molecule has 0 radical (unpaired) electrons. The van der Waals surface area contributed by atoms with E-state index in [9.17, 15) is 28.8 Å². The highest BCUT2D eigenvalue weighted by Gasteiger charge is 2.59. The smallest absolute Gasteiger partial charge is 0.337 e. The fourth-order valence-corrected chi connectivity index (χ4v) is 7.13. The highest BCUT2D eigenvalue weighted by atomic mass is 16.6. The Labute approximate surface area is 246 Å². The van der Waals surface area contributed by atoms with Crippen LogP contribution in [0.3, 0.4) is 0 Å². The molecule has 0 aromatic rings. The van der Waals surface area contributed by atoms with Gasteiger partial charge in [-0.05, 0) is 56.3 Å². The number of hydrogen-bond donors (Lipinski definition) is 1. The summed E-state index contributed by atoms with van der Waals surface area (Å²) in [4.78, 5) is 72.6. The van der Waals surface area contributed by atoms with Crippen molar-refractivity contribution >= 4 is 35.6 Å². The van der Waals surface area contributed by atoms with Crippen LogP contribution in [0.15, 0.2) is 23.8 Å². The third-order valence-electron chi connectivity index (χ3n) is 9.32. The van der Waals surface area contributed by atoms with E-state index in [1.165, 1.54) is 27.7 Å². The Morgan fingerprint density at radius 3 is 2.36 bits per heavy atom. The van der Waals surface area contributed by atoms with Crippen LogP contribution in [0.1, 0.15) is 73.6 Å². The summed E-state index contributed by atoms with van der Waals surface area (Å²) in [6, 6.07) is 0. The van der Waals surface area contributed by atoms with Crippen LogP contribution < -0.4 is 5.32 Å². The van der Waals surface area contributed by atoms with Gasteiger partial charge in [-0.15, -0.1) is 0 Å². The topological polar surface area (TPSA) is 151 Å². The molecule has 1 saturated heterocycles. The predicted octanol–water partition coefficient (Wildman–Crippen LogP) is 3.00. The van der Waals surface area contributed by atoms with Gasteiger partial charge in [0.15, 0.2) is 6.10 Å². The molecular formula is C31H43NO10. The summed E-state index contributed by atoms with van der Waals surface area (Å²) < 4.78 is 22.0. The van der Waals surface area contributed by atoms with E-state index in [0.29, 0.717) is 19.3 Å². The lowest BCUT2D eigenvalue weighted by molar-refractivity contribution is -0.191. The van der Waals surface area contributed by atoms with Crippen molar-refractivity contribution in [2.45, 2.75) is 85.9 Å². The number of allylic oxidation sites excluding steroid dienone is 2. The quantitative estimate of drug-likeness (QED) is 0.132. The van der Waals surface area contributed by atoms with Gasteiger partial charge in [0.2, 0.25) is 5.91 Å². The molecule has 1 N–H and O–H groups in total. The molecule has 0 spiro atoms. The first-order chi connectivity index (χ1) is 19.6. The van der Waals surface area contributed by atoms with Crippen LogP contribution >= 0.6 is 0 Å². The number of ketones is 1. The van der Waals surface area contributed by atoms with Crippen LogP contribution in [-0.4, -0.2) is 67.5 Å². The fourth-order valence-electron chi connectivity index (χ4n) is 7.13. The predicted molar refractivity (Wildman–Crippen MR) is 149 cm³/mol. The van der Waals surface area contributed by atoms with Crippen LogP contribution in [0.25, 0.3) is 0 Å². The summed E-state index contributed by atoms with van der Waals surface area (Å²) in [5.74, 6) is -4.34. The third kappa shape index (κ3) is 7.10. The molecule has 0 bridgehead atoms. The molecule has 11 heteroatoms. The summed E-state index contributed by atoms with van der Waals surface area (Å²) in [6.45, 7) is 13.5. The van der Waals surface area contributed by atoms with Crippen LogP contribution in [0.2, 0.25) is 0 Å². The normalized spacial score (nSPS) is 32.3. The van der Waals surface area contributed by atoms with Crippen LogP contribution in [0, 0.1) is 28.6 Å². The van der Waals surface area contributed by atoms with Crippen LogP contribution in [0.5, 0.6) is 0 Å². The van der Waals surface area contributed by atoms with Gasteiger partial charge in [0, 0.05) is 32.7 Å². The lowest BCUT2D eigenvalue weighted by atomic mass is 9.46. The Hall–Kier alpha value is -3.50. The summed E-state index contributed by atoms with van der Waals surface area (Å²) in [5.41, 5.74) is 0.277. The lowest BCUT2D eigenvalue weighted by Crippen LogP contribution is -2.58. The molecular weight excluding hydrogens is 546 g/mol. The van der Waals surface area contributed by atoms with Gasteiger partial charge in [0.25, 0.3) is 0 Å². The van der Waals surface area contributed by atoms with E-state index < -0.39 is 47.2 Å². The third-order valence-corrected chi connectivity index (χ3v) is 9.32. The van der Waals surface area contributed by atoms with Gasteiger partial charge >= 0.3 is 23.9 Å². The maximum Gasteiger partial charge on any atom is 0.337 e. The number of carbonyl (C=O) groups is 6. The van der Waals surface area contributed by atoms with Crippen molar-refractivity contribution in [1.82, 2.24) is 5.32 Å². The monoisotopic (exact) mass is 589 g/mol. The van der Waals surface area contributed by atoms with Crippen molar-refractivity contribution in [3.63, 3.8) is 0 Å². The molecule has 2 saturated carbocycles. The molecule has 3 unspecified atom stereocenters. The molecule has 11 nitrogen and oxygen atoms in total. The Morgan fingerprint density at radius 2 is 1.76 bits per heavy atom. The minimum absolute atomic E-state index is 0.0191. The average molecular weight is 590 g/mol. The summed E-state index contributed by atoms with van der Waals surface area (Å²) >= 11 is 0. The largest absolute Gasteiger partial charge is 0.465 e. The number of esters is 4. The Kier molecular flexibility index (Phi) is 10.4. The van der Waals surface area contributed by atoms with Crippen molar-refractivity contribution in [3.8, 4) is 0 Å². The highest BCUT2D eigenvalue weighted by Crippen LogP contribution is 2.62. The molecule has 42 heavy (non-hydrogen) atoms. The molecule has 0 aromatic carbocycles. The average Bonchev–Trinajstić information content (AvgIpc) is 3.22. The van der Waals surface area contributed by atoms with E-state index in [1.54, 1.807) is 6.08 Å². The van der Waals surface area contributed by atoms with Crippen molar-refractivity contribution in [1.29, 1.82) is 0 Å². The lowest BCUT2D eigenvalue weighted by Gasteiger charge is -2.60. The number of rotatable bonds is 10. The van der Waals surface area contributed by atoms with Gasteiger partial charge in [0.05, 0.1) is 5.57 Å². The van der Waals surface area contributed by atoms with E-state index in [1.807, 2.05) is 6.92 Å². The van der Waals surface area contributed by atoms with Gasteiger partial charge in [-0.3, -0.25) is 24.0 Å². The number of ether oxygens (including phenoxy) is 4. The summed E-state index contributed by atoms with van der Waals surface area (Å²) in [7, 11) is 0. The van der Waals surface area contributed by atoms with E-state index in [2.05, 4.69) is 18.8 Å². The number of nitrogens with one attached hydrogen (secondary N) is 1. The van der Waals surface area contributed by atoms with Crippen LogP contribution in [-0.2, 0) is 47.7 Å². The second-order valence-electron chi connectivity index (χ2n) is 12.3. The van der Waals surface area contributed by atoms with E-state index in [4.69, 9.17) is 18.9 Å². The Balaban J connectivity index is 1.85. The summed E-state index contributed by atoms with van der Waals surface area (Å²) in [5, 5.41) is 2.45. The molecule has 7 atom stereocenters. The zero-order valence-electron chi connectivity index (χ0n) is 25.4. The first kappa shape index (κ1) is 33.0. The number of carbonyl (C=O) groups excluding carboxylic acids is 6. The van der Waals surface area contributed by atoms with E-state index >= 15 is 0 Å². The molecule has 1 aliphatic heterocycles. The van der Waals surface area contributed by atoms with Gasteiger partial charge < -0.3 is 24.3 Å². The first-order valence-corrected chi connectivity index (χ1v) is 14.4. The Morgan fingerprint density at radius 1 is 1.07 bits per heavy atom. The molecule has 1 amide bonds. The molecule has 1 heterocycles. The summed E-state index contributed by atoms with van der Waals surface area (Å²) in [6.07, 6.45) is 3.54. The van der Waals surface area contributed by atoms with Crippen molar-refractivity contribution < 1.29 is 47.7 Å². The second-order valence-corrected chi connectivity index (χ2v) is 12.3. The number of Topliss-reactive ketones (excluding diaryl/α,β-unsaturated/α-hetero) is 1. The van der Waals surface area contributed by atoms with E-state index in [-0.39, 0.29) is 54.5 Å². The number of amides is 1. The van der Waals surface area contributed by atoms with Crippen LogP contribution in [0.4, 0.5) is 0 Å². The van der Waals surface area contributed by atoms with Gasteiger partial charge in [-0.2, -0.15) is 0 Å². The first-order valence-electron chi connectivity index (χ1n) is 14.4. The SMILES string of the molecule is C=C1CCC2[C@](C)(COC(C)=O)[C@H](OC(C)=O)CC[C@@]2(C)[C@@H]1C/C=C1\C(=O)OCC1OC(=O)C(CNC(C)=O)C(C)=O. The van der Waals surface area contributed by atoms with Gasteiger partial charge in [-0.25, -0.2) is 4.79 Å². The second kappa shape index (κ2) is 13.2. The molecule has 3 rings (SSSR count). The van der Waals surface area contributed by atoms with E-state index in [0.717, 1.165) is 18.4 Å². The Bertz CT molecular complexity index is 1170.